The van der Waals surface area contributed by atoms with Gasteiger partial charge in [-0.25, -0.2) is 9.37 Å². The number of nitrogens with zero attached hydrogens (tertiary/aromatic N) is 2. The molecular formula is C26H25FN4O4. The first kappa shape index (κ1) is 24.1. The minimum atomic E-state index is -1.02. The average molecular weight is 477 g/mol. The molecule has 180 valence electrons. The molecule has 4 rings (SSSR count). The van der Waals surface area contributed by atoms with Crippen molar-refractivity contribution in [3.8, 4) is 0 Å². The number of fused-ring (bicyclic) bond motifs is 1. The van der Waals surface area contributed by atoms with Gasteiger partial charge >= 0.3 is 0 Å². The molecule has 9 heteroatoms. The monoisotopic (exact) mass is 476 g/mol. The van der Waals surface area contributed by atoms with E-state index < -0.39 is 29.8 Å². The second-order valence-electron chi connectivity index (χ2n) is 8.12. The Kier molecular flexibility index (Phi) is 7.19. The number of methoxy groups -OCH3 is 1. The lowest BCUT2D eigenvalue weighted by molar-refractivity contribution is 0.0594. The van der Waals surface area contributed by atoms with Crippen LogP contribution in [0.1, 0.15) is 38.1 Å². The van der Waals surface area contributed by atoms with Crippen LogP contribution in [0, 0.1) is 12.7 Å². The first-order chi connectivity index (χ1) is 16.9. The van der Waals surface area contributed by atoms with E-state index in [0.29, 0.717) is 11.2 Å². The van der Waals surface area contributed by atoms with Gasteiger partial charge in [-0.15, -0.1) is 0 Å². The Balaban J connectivity index is 1.52. The van der Waals surface area contributed by atoms with E-state index in [1.807, 2.05) is 25.1 Å². The zero-order chi connectivity index (χ0) is 24.9. The molecule has 0 aliphatic rings. The highest BCUT2D eigenvalue weighted by Crippen LogP contribution is 2.20. The lowest BCUT2D eigenvalue weighted by atomic mass is 10.0. The third-order valence-electron chi connectivity index (χ3n) is 5.56. The van der Waals surface area contributed by atoms with Crippen molar-refractivity contribution >= 4 is 23.1 Å². The molecule has 2 aromatic heterocycles. The van der Waals surface area contributed by atoms with Gasteiger partial charge < -0.3 is 20.5 Å². The number of pyridine rings is 1. The van der Waals surface area contributed by atoms with Gasteiger partial charge in [0.15, 0.2) is 0 Å². The summed E-state index contributed by atoms with van der Waals surface area (Å²) >= 11 is 0. The number of halogens is 1. The predicted octanol–water partition coefficient (Wildman–Crippen LogP) is 3.51. The highest BCUT2D eigenvalue weighted by atomic mass is 19.1. The highest BCUT2D eigenvalue weighted by molar-refractivity contribution is 6.04. The third kappa shape index (κ3) is 5.37. The van der Waals surface area contributed by atoms with Crippen molar-refractivity contribution in [3.05, 3.63) is 101 Å². The Bertz CT molecular complexity index is 1360. The van der Waals surface area contributed by atoms with Gasteiger partial charge in [0, 0.05) is 18.9 Å². The van der Waals surface area contributed by atoms with Crippen LogP contribution in [0.15, 0.2) is 73.1 Å². The van der Waals surface area contributed by atoms with Crippen molar-refractivity contribution in [1.82, 2.24) is 14.7 Å². The summed E-state index contributed by atoms with van der Waals surface area (Å²) in [4.78, 5) is 30.0. The Hall–Kier alpha value is -4.08. The predicted molar refractivity (Wildman–Crippen MR) is 129 cm³/mol. The Labute approximate surface area is 201 Å². The van der Waals surface area contributed by atoms with E-state index in [0.717, 1.165) is 11.6 Å². The van der Waals surface area contributed by atoms with E-state index in [-0.39, 0.29) is 23.6 Å². The number of nitrogens with one attached hydrogen (secondary N) is 2. The topological polar surface area (TPSA) is 105 Å². The molecule has 0 aliphatic heterocycles. The summed E-state index contributed by atoms with van der Waals surface area (Å²) in [7, 11) is 1.46. The maximum Gasteiger partial charge on any atom is 0.274 e. The number of aryl methyl sites for hydroxylation is 1. The number of aliphatic hydroxyl groups is 1. The molecule has 0 aliphatic carbocycles. The van der Waals surface area contributed by atoms with Crippen LogP contribution < -0.4 is 10.6 Å². The number of aliphatic hydroxyl groups excluding tert-OH is 1. The summed E-state index contributed by atoms with van der Waals surface area (Å²) in [5.74, 6) is -1.82. The number of imidazole rings is 1. The summed E-state index contributed by atoms with van der Waals surface area (Å²) in [6, 6.07) is 15.4. The fourth-order valence-corrected chi connectivity index (χ4v) is 3.72. The fourth-order valence-electron chi connectivity index (χ4n) is 3.72. The second kappa shape index (κ2) is 10.5. The molecule has 0 radical (unpaired) electrons. The van der Waals surface area contributed by atoms with Gasteiger partial charge in [0.05, 0.1) is 24.5 Å². The van der Waals surface area contributed by atoms with Crippen LogP contribution >= 0.6 is 0 Å². The van der Waals surface area contributed by atoms with E-state index in [2.05, 4.69) is 15.6 Å². The summed E-state index contributed by atoms with van der Waals surface area (Å²) in [6.07, 6.45) is 2.10. The summed E-state index contributed by atoms with van der Waals surface area (Å²) in [5.41, 5.74) is 2.37. The van der Waals surface area contributed by atoms with Gasteiger partial charge in [-0.05, 0) is 48.4 Å². The number of benzene rings is 2. The van der Waals surface area contributed by atoms with Gasteiger partial charge in [0.1, 0.15) is 23.3 Å². The Morgan fingerprint density at radius 2 is 1.89 bits per heavy atom. The van der Waals surface area contributed by atoms with Crippen LogP contribution in [-0.4, -0.2) is 46.1 Å². The van der Waals surface area contributed by atoms with Gasteiger partial charge in [-0.2, -0.15) is 0 Å². The van der Waals surface area contributed by atoms with Gasteiger partial charge in [0.2, 0.25) is 0 Å². The molecule has 0 bridgehead atoms. The van der Waals surface area contributed by atoms with Gasteiger partial charge in [0.25, 0.3) is 11.8 Å². The van der Waals surface area contributed by atoms with Crippen molar-refractivity contribution in [2.24, 2.45) is 0 Å². The molecule has 0 unspecified atom stereocenters. The van der Waals surface area contributed by atoms with E-state index in [4.69, 9.17) is 4.74 Å². The molecule has 0 spiro atoms. The number of carbonyl (C=O) groups excluding carboxylic acids is 2. The number of aromatic nitrogens is 2. The summed E-state index contributed by atoms with van der Waals surface area (Å²) in [6.45, 7) is 1.97. The SMILES string of the molecule is COC[C@H](NC(=O)c1ccc(F)c(NC(=O)c2cnc3cc(C)ccn23)c1)[C@H](O)c1ccccc1. The maximum atomic E-state index is 14.5. The normalized spacial score (nSPS) is 12.8. The number of anilines is 1. The molecule has 0 saturated heterocycles. The largest absolute Gasteiger partial charge is 0.386 e. The van der Waals surface area contributed by atoms with Gasteiger partial charge in [-0.3, -0.25) is 14.0 Å². The van der Waals surface area contributed by atoms with Crippen molar-refractivity contribution in [2.45, 2.75) is 19.1 Å². The maximum absolute atomic E-state index is 14.5. The number of ether oxygens (including phenoxy) is 1. The van der Waals surface area contributed by atoms with Crippen molar-refractivity contribution in [3.63, 3.8) is 0 Å². The summed E-state index contributed by atoms with van der Waals surface area (Å²) in [5, 5.41) is 16.0. The zero-order valence-electron chi connectivity index (χ0n) is 19.2. The van der Waals surface area contributed by atoms with Crippen LogP contribution in [0.3, 0.4) is 0 Å². The number of rotatable bonds is 8. The van der Waals surface area contributed by atoms with Crippen molar-refractivity contribution < 1.29 is 23.8 Å². The van der Waals surface area contributed by atoms with E-state index in [1.54, 1.807) is 34.9 Å². The molecule has 3 N–H and O–H groups in total. The van der Waals surface area contributed by atoms with Gasteiger partial charge in [-0.1, -0.05) is 30.3 Å². The minimum Gasteiger partial charge on any atom is -0.386 e. The molecule has 2 amide bonds. The van der Waals surface area contributed by atoms with Crippen LogP contribution in [0.5, 0.6) is 0 Å². The lowest BCUT2D eigenvalue weighted by Crippen LogP contribution is -2.42. The van der Waals surface area contributed by atoms with Crippen LogP contribution in [0.25, 0.3) is 5.65 Å². The smallest absolute Gasteiger partial charge is 0.274 e. The Morgan fingerprint density at radius 1 is 1.11 bits per heavy atom. The highest BCUT2D eigenvalue weighted by Gasteiger charge is 2.24. The second-order valence-corrected chi connectivity index (χ2v) is 8.12. The molecule has 4 aromatic rings. The number of hydrogen-bond acceptors (Lipinski definition) is 5. The number of hydrogen-bond donors (Lipinski definition) is 3. The molecule has 2 heterocycles. The molecule has 2 aromatic carbocycles. The molecule has 2 atom stereocenters. The Morgan fingerprint density at radius 3 is 2.63 bits per heavy atom. The zero-order valence-corrected chi connectivity index (χ0v) is 19.2. The minimum absolute atomic E-state index is 0.0559. The van der Waals surface area contributed by atoms with E-state index in [9.17, 15) is 19.1 Å². The standard InChI is InChI=1S/C26H25FN4O4/c1-16-10-11-31-22(14-28-23(31)12-16)26(34)29-20-13-18(8-9-19(20)27)25(33)30-21(15-35-2)24(32)17-6-4-3-5-7-17/h3-14,21,24,32H,15H2,1-2H3,(H,29,34)(H,30,33)/t21-,24+/m0/s1. The van der Waals surface area contributed by atoms with E-state index in [1.165, 1.54) is 25.4 Å². The lowest BCUT2D eigenvalue weighted by Gasteiger charge is -2.24. The third-order valence-corrected chi connectivity index (χ3v) is 5.56. The first-order valence-corrected chi connectivity index (χ1v) is 10.9. The van der Waals surface area contributed by atoms with Crippen molar-refractivity contribution in [1.29, 1.82) is 0 Å². The summed E-state index contributed by atoms with van der Waals surface area (Å²) < 4.78 is 21.3. The fraction of sp³-hybridized carbons (Fsp3) is 0.192. The van der Waals surface area contributed by atoms with Crippen LogP contribution in [-0.2, 0) is 4.74 Å². The number of amides is 2. The molecule has 8 nitrogen and oxygen atoms in total. The molecular weight excluding hydrogens is 451 g/mol. The molecule has 0 saturated carbocycles. The van der Waals surface area contributed by atoms with Crippen molar-refractivity contribution in [2.75, 3.05) is 19.0 Å². The van der Waals surface area contributed by atoms with E-state index >= 15 is 0 Å². The average Bonchev–Trinajstić information content (AvgIpc) is 3.28. The quantitative estimate of drug-likeness (QED) is 0.361. The number of carbonyl (C=O) groups is 2. The first-order valence-electron chi connectivity index (χ1n) is 10.9. The molecule has 35 heavy (non-hydrogen) atoms. The molecule has 0 fully saturated rings. The van der Waals surface area contributed by atoms with Crippen LogP contribution in [0.2, 0.25) is 0 Å². The van der Waals surface area contributed by atoms with Crippen LogP contribution in [0.4, 0.5) is 10.1 Å².